The van der Waals surface area contributed by atoms with Crippen LogP contribution in [0.5, 0.6) is 0 Å². The molecule has 2 spiro atoms. The van der Waals surface area contributed by atoms with Crippen LogP contribution in [0, 0.1) is 29.1 Å². The number of anilines is 3. The molecule has 4 saturated carbocycles. The van der Waals surface area contributed by atoms with Crippen LogP contribution in [-0.2, 0) is 21.7 Å². The molecule has 7 aliphatic carbocycles. The third-order valence-corrected chi connectivity index (χ3v) is 18.0. The molecule has 288 valence electrons. The van der Waals surface area contributed by atoms with Crippen molar-refractivity contribution in [3.63, 3.8) is 0 Å². The first-order valence-corrected chi connectivity index (χ1v) is 22.5. The fraction of sp³-hybridized carbons (Fsp3) is 0.368. The van der Waals surface area contributed by atoms with Crippen LogP contribution < -0.4 is 4.90 Å². The van der Waals surface area contributed by atoms with Crippen LogP contribution in [0.15, 0.2) is 127 Å². The van der Waals surface area contributed by atoms with Gasteiger partial charge in [0.2, 0.25) is 0 Å². The van der Waals surface area contributed by atoms with Gasteiger partial charge in [-0.05, 0) is 182 Å². The molecule has 0 N–H and O–H groups in total. The second-order valence-corrected chi connectivity index (χ2v) is 21.6. The number of rotatable bonds is 4. The normalized spacial score (nSPS) is 29.7. The molecule has 7 aliphatic rings. The van der Waals surface area contributed by atoms with Crippen molar-refractivity contribution in [3.05, 3.63) is 161 Å². The Bertz CT molecular complexity index is 2760. The molecule has 6 unspecified atom stereocenters. The molecule has 58 heavy (non-hydrogen) atoms. The van der Waals surface area contributed by atoms with E-state index in [1.54, 1.807) is 11.1 Å². The van der Waals surface area contributed by atoms with Gasteiger partial charge in [0.15, 0.2) is 0 Å². The van der Waals surface area contributed by atoms with Crippen LogP contribution in [0.3, 0.4) is 0 Å². The Labute approximate surface area is 345 Å². The Kier molecular flexibility index (Phi) is 6.36. The van der Waals surface area contributed by atoms with Gasteiger partial charge in [0.05, 0.1) is 0 Å². The van der Waals surface area contributed by atoms with Crippen molar-refractivity contribution < 1.29 is 0 Å². The smallest absolute Gasteiger partial charge is 0.0465 e. The van der Waals surface area contributed by atoms with Crippen LogP contribution in [-0.4, -0.2) is 0 Å². The third kappa shape index (κ3) is 3.91. The minimum absolute atomic E-state index is 0.0702. The van der Waals surface area contributed by atoms with Gasteiger partial charge in [-0.3, -0.25) is 0 Å². The maximum absolute atomic E-state index is 2.54. The van der Waals surface area contributed by atoms with Gasteiger partial charge in [-0.25, -0.2) is 0 Å². The lowest BCUT2D eigenvalue weighted by molar-refractivity contribution is -0.231. The lowest BCUT2D eigenvalue weighted by Gasteiger charge is -2.76. The highest BCUT2D eigenvalue weighted by Crippen LogP contribution is 2.89. The highest BCUT2D eigenvalue weighted by atomic mass is 15.1. The summed E-state index contributed by atoms with van der Waals surface area (Å²) in [6, 6.07) is 50.2. The largest absolute Gasteiger partial charge is 0.310 e. The lowest BCUT2D eigenvalue weighted by atomic mass is 9.27. The van der Waals surface area contributed by atoms with E-state index < -0.39 is 0 Å². The zero-order chi connectivity index (χ0) is 39.1. The molecule has 2 bridgehead atoms. The van der Waals surface area contributed by atoms with Gasteiger partial charge in [0.25, 0.3) is 0 Å². The standard InChI is InChI=1S/C57H55N/c1-53(2)26-27-54(3,4)49-32-39(23-25-46(49)53)58(38-22-24-42-41-12-7-9-15-44(41)55(5,6)48(42)31-38)37-20-18-35(19-21-37)40-14-11-17-47-52(40)43-13-8-10-16-45(43)57(47)50-29-34-28-36-30-51(57)56(36,50)33-34/h7-25,31-32,34,36,50-51H,26-30,33H2,1-6H3. The van der Waals surface area contributed by atoms with E-state index in [0.717, 1.165) is 23.7 Å². The van der Waals surface area contributed by atoms with E-state index in [1.807, 2.05) is 0 Å². The fourth-order valence-electron chi connectivity index (χ4n) is 15.4. The molecule has 6 aromatic rings. The second kappa shape index (κ2) is 10.8. The summed E-state index contributed by atoms with van der Waals surface area (Å²) in [4.78, 5) is 2.54. The van der Waals surface area contributed by atoms with Gasteiger partial charge in [0, 0.05) is 27.9 Å². The summed E-state index contributed by atoms with van der Waals surface area (Å²) >= 11 is 0. The maximum Gasteiger partial charge on any atom is 0.0465 e. The first kappa shape index (κ1) is 34.0. The molecule has 1 heteroatoms. The predicted molar refractivity (Wildman–Crippen MR) is 240 cm³/mol. The first-order chi connectivity index (χ1) is 27.9. The van der Waals surface area contributed by atoms with Crippen molar-refractivity contribution in [3.8, 4) is 33.4 Å². The maximum atomic E-state index is 2.54. The third-order valence-electron chi connectivity index (χ3n) is 18.0. The van der Waals surface area contributed by atoms with Gasteiger partial charge >= 0.3 is 0 Å². The molecule has 0 aromatic heterocycles. The molecule has 6 aromatic carbocycles. The van der Waals surface area contributed by atoms with Gasteiger partial charge < -0.3 is 4.90 Å². The first-order valence-electron chi connectivity index (χ1n) is 22.5. The fourth-order valence-corrected chi connectivity index (χ4v) is 15.4. The van der Waals surface area contributed by atoms with Crippen molar-refractivity contribution in [2.75, 3.05) is 4.90 Å². The van der Waals surface area contributed by atoms with Crippen molar-refractivity contribution in [2.24, 2.45) is 29.1 Å². The topological polar surface area (TPSA) is 3.24 Å². The average molecular weight is 754 g/mol. The van der Waals surface area contributed by atoms with E-state index in [1.165, 1.54) is 111 Å². The van der Waals surface area contributed by atoms with Gasteiger partial charge in [-0.2, -0.15) is 0 Å². The highest BCUT2D eigenvalue weighted by molar-refractivity contribution is 5.94. The molecule has 6 atom stereocenters. The quantitative estimate of drug-likeness (QED) is 0.173. The van der Waals surface area contributed by atoms with Crippen molar-refractivity contribution in [2.45, 2.75) is 102 Å². The summed E-state index contributed by atoms with van der Waals surface area (Å²) in [5.74, 6) is 3.62. The Morgan fingerprint density at radius 1 is 0.466 bits per heavy atom. The van der Waals surface area contributed by atoms with Crippen LogP contribution in [0.25, 0.3) is 33.4 Å². The van der Waals surface area contributed by atoms with Gasteiger partial charge in [-0.1, -0.05) is 133 Å². The van der Waals surface area contributed by atoms with Crippen LogP contribution in [0.2, 0.25) is 0 Å². The Hall–Kier alpha value is -4.88. The molecule has 4 fully saturated rings. The zero-order valence-electron chi connectivity index (χ0n) is 35.1. The van der Waals surface area contributed by atoms with E-state index in [9.17, 15) is 0 Å². The molecule has 0 heterocycles. The summed E-state index contributed by atoms with van der Waals surface area (Å²) < 4.78 is 0. The lowest BCUT2D eigenvalue weighted by Crippen LogP contribution is -2.73. The number of fused-ring (bicyclic) bond motifs is 12. The van der Waals surface area contributed by atoms with Crippen molar-refractivity contribution in [1.82, 2.24) is 0 Å². The molecule has 1 nitrogen and oxygen atoms in total. The molecule has 0 radical (unpaired) electrons. The molecular formula is C57H55N. The van der Waals surface area contributed by atoms with Crippen LogP contribution in [0.4, 0.5) is 17.1 Å². The van der Waals surface area contributed by atoms with Crippen molar-refractivity contribution in [1.29, 1.82) is 0 Å². The molecule has 0 amide bonds. The van der Waals surface area contributed by atoms with E-state index in [0.29, 0.717) is 5.41 Å². The Balaban J connectivity index is 0.951. The average Bonchev–Trinajstić information content (AvgIpc) is 3.92. The summed E-state index contributed by atoms with van der Waals surface area (Å²) in [5, 5.41) is 0. The van der Waals surface area contributed by atoms with Gasteiger partial charge in [-0.15, -0.1) is 0 Å². The molecule has 13 rings (SSSR count). The monoisotopic (exact) mass is 753 g/mol. The molecule has 0 saturated heterocycles. The summed E-state index contributed by atoms with van der Waals surface area (Å²) in [6.45, 7) is 14.6. The minimum atomic E-state index is -0.0702. The molecular weight excluding hydrogens is 699 g/mol. The number of benzene rings is 6. The number of hydrogen-bond donors (Lipinski definition) is 0. The van der Waals surface area contributed by atoms with E-state index in [4.69, 9.17) is 0 Å². The SMILES string of the molecule is CC1(C)CCC(C)(C)c2cc(N(c3ccc(-c4cccc5c4-c4ccccc4C54C5CC6CC7CC4C75C6)cc3)c3ccc4c(c3)C(C)(C)c3ccccc3-4)ccc21. The van der Waals surface area contributed by atoms with Crippen molar-refractivity contribution >= 4 is 17.1 Å². The summed E-state index contributed by atoms with van der Waals surface area (Å²) in [6.07, 6.45) is 8.33. The van der Waals surface area contributed by atoms with E-state index in [2.05, 4.69) is 174 Å². The predicted octanol–water partition coefficient (Wildman–Crippen LogP) is 14.8. The summed E-state index contributed by atoms with van der Waals surface area (Å²) in [5.41, 5.74) is 22.4. The van der Waals surface area contributed by atoms with Gasteiger partial charge in [0.1, 0.15) is 0 Å². The minimum Gasteiger partial charge on any atom is -0.310 e. The summed E-state index contributed by atoms with van der Waals surface area (Å²) in [7, 11) is 0. The molecule has 0 aliphatic heterocycles. The Morgan fingerprint density at radius 2 is 1.07 bits per heavy atom. The number of hydrogen-bond acceptors (Lipinski definition) is 1. The Morgan fingerprint density at radius 3 is 1.84 bits per heavy atom. The second-order valence-electron chi connectivity index (χ2n) is 21.6. The zero-order valence-corrected chi connectivity index (χ0v) is 35.1. The van der Waals surface area contributed by atoms with Crippen LogP contribution in [0.1, 0.15) is 113 Å². The highest BCUT2D eigenvalue weighted by Gasteiger charge is 2.84. The van der Waals surface area contributed by atoms with Crippen LogP contribution >= 0.6 is 0 Å². The van der Waals surface area contributed by atoms with E-state index in [-0.39, 0.29) is 21.7 Å². The number of nitrogens with zero attached hydrogens (tertiary/aromatic N) is 1. The van der Waals surface area contributed by atoms with E-state index >= 15 is 0 Å².